The third kappa shape index (κ3) is 4.98. The highest BCUT2D eigenvalue weighted by Crippen LogP contribution is 2.52. The molecule has 0 saturated carbocycles. The second kappa shape index (κ2) is 12.5. The quantitative estimate of drug-likeness (QED) is 0.171. The van der Waals surface area contributed by atoms with Gasteiger partial charge in [-0.3, -0.25) is 0 Å². The predicted octanol–water partition coefficient (Wildman–Crippen LogP) is 14.6. The normalized spacial score (nSPS) is 13.0. The summed E-state index contributed by atoms with van der Waals surface area (Å²) in [6, 6.07) is 70.0. The van der Waals surface area contributed by atoms with Crippen LogP contribution in [0.4, 0.5) is 17.1 Å². The molecule has 1 aliphatic rings. The van der Waals surface area contributed by atoms with Gasteiger partial charge in [-0.1, -0.05) is 129 Å². The van der Waals surface area contributed by atoms with Crippen molar-refractivity contribution in [3.8, 4) is 39.1 Å². The Hall–Kier alpha value is -7.10. The van der Waals surface area contributed by atoms with Gasteiger partial charge in [-0.2, -0.15) is 0 Å². The number of fused-ring (bicyclic) bond motifs is 8. The van der Waals surface area contributed by atoms with Crippen LogP contribution in [0.2, 0.25) is 0 Å². The Balaban J connectivity index is 0.998. The van der Waals surface area contributed by atoms with Crippen LogP contribution in [0.5, 0.6) is 0 Å². The zero-order chi connectivity index (χ0) is 37.4. The molecule has 0 spiro atoms. The van der Waals surface area contributed by atoms with Gasteiger partial charge in [0.25, 0.3) is 0 Å². The third-order valence-corrected chi connectivity index (χ3v) is 11.8. The SMILES string of the molecule is CC1(C)c2cc(-c3ccc4c(c3)c3oc5ccccc5c3n4-c3ccccc3)ccc2-c2ccc(N(c3ccccc3)c3ccc(-c4ccccc4)cc3)cc21. The summed E-state index contributed by atoms with van der Waals surface area (Å²) in [6.45, 7) is 4.74. The van der Waals surface area contributed by atoms with Crippen LogP contribution in [0.3, 0.4) is 0 Å². The summed E-state index contributed by atoms with van der Waals surface area (Å²) in [5.41, 5.74) is 18.5. The first-order valence-electron chi connectivity index (χ1n) is 19.3. The van der Waals surface area contributed by atoms with E-state index in [2.05, 4.69) is 211 Å². The van der Waals surface area contributed by atoms with E-state index >= 15 is 0 Å². The minimum Gasteiger partial charge on any atom is -0.454 e. The Labute approximate surface area is 326 Å². The van der Waals surface area contributed by atoms with Crippen molar-refractivity contribution in [3.63, 3.8) is 0 Å². The van der Waals surface area contributed by atoms with E-state index in [-0.39, 0.29) is 5.41 Å². The first-order valence-corrected chi connectivity index (χ1v) is 19.3. The number of benzene rings is 8. The van der Waals surface area contributed by atoms with E-state index in [1.807, 2.05) is 6.07 Å². The Bertz CT molecular complexity index is 3080. The van der Waals surface area contributed by atoms with Crippen LogP contribution in [0.1, 0.15) is 25.0 Å². The van der Waals surface area contributed by atoms with E-state index in [0.717, 1.165) is 55.7 Å². The van der Waals surface area contributed by atoms with Crippen LogP contribution < -0.4 is 4.90 Å². The van der Waals surface area contributed by atoms with Crippen LogP contribution in [-0.4, -0.2) is 4.57 Å². The maximum atomic E-state index is 6.60. The van der Waals surface area contributed by atoms with Gasteiger partial charge in [-0.25, -0.2) is 0 Å². The van der Waals surface area contributed by atoms with E-state index in [1.165, 1.54) is 44.5 Å². The second-order valence-electron chi connectivity index (χ2n) is 15.4. The molecule has 0 bridgehead atoms. The molecule has 1 aliphatic carbocycles. The summed E-state index contributed by atoms with van der Waals surface area (Å²) in [5, 5.41) is 2.23. The molecule has 3 heteroatoms. The molecule has 3 nitrogen and oxygen atoms in total. The summed E-state index contributed by atoms with van der Waals surface area (Å²) in [6.07, 6.45) is 0. The van der Waals surface area contributed by atoms with Gasteiger partial charge in [0, 0.05) is 38.9 Å². The lowest BCUT2D eigenvalue weighted by atomic mass is 9.81. The lowest BCUT2D eigenvalue weighted by molar-refractivity contribution is 0.660. The van der Waals surface area contributed by atoms with Gasteiger partial charge < -0.3 is 13.9 Å². The number of para-hydroxylation sites is 3. The van der Waals surface area contributed by atoms with Crippen molar-refractivity contribution in [1.82, 2.24) is 4.57 Å². The highest BCUT2D eigenvalue weighted by Gasteiger charge is 2.36. The van der Waals surface area contributed by atoms with Gasteiger partial charge >= 0.3 is 0 Å². The highest BCUT2D eigenvalue weighted by molar-refractivity contribution is 6.17. The summed E-state index contributed by atoms with van der Waals surface area (Å²) >= 11 is 0. The first kappa shape index (κ1) is 32.3. The molecular formula is C53H38N2O. The van der Waals surface area contributed by atoms with Crippen molar-refractivity contribution in [3.05, 3.63) is 205 Å². The summed E-state index contributed by atoms with van der Waals surface area (Å²) in [5.74, 6) is 0. The summed E-state index contributed by atoms with van der Waals surface area (Å²) < 4.78 is 8.95. The van der Waals surface area contributed by atoms with Crippen LogP contribution >= 0.6 is 0 Å². The van der Waals surface area contributed by atoms with Gasteiger partial charge in [0.05, 0.1) is 5.52 Å². The van der Waals surface area contributed by atoms with Crippen LogP contribution in [0.15, 0.2) is 199 Å². The monoisotopic (exact) mass is 718 g/mol. The molecule has 0 unspecified atom stereocenters. The highest BCUT2D eigenvalue weighted by atomic mass is 16.3. The first-order chi connectivity index (χ1) is 27.5. The van der Waals surface area contributed by atoms with E-state index < -0.39 is 0 Å². The van der Waals surface area contributed by atoms with Crippen LogP contribution in [0.25, 0.3) is 72.0 Å². The number of furan rings is 1. The lowest BCUT2D eigenvalue weighted by Gasteiger charge is -2.28. The molecular weight excluding hydrogens is 681 g/mol. The average Bonchev–Trinajstić information content (AvgIpc) is 3.86. The maximum Gasteiger partial charge on any atom is 0.161 e. The fourth-order valence-electron chi connectivity index (χ4n) is 9.00. The number of hydrogen-bond donors (Lipinski definition) is 0. The Morgan fingerprint density at radius 2 is 1.00 bits per heavy atom. The molecule has 0 amide bonds. The maximum absolute atomic E-state index is 6.60. The van der Waals surface area contributed by atoms with Gasteiger partial charge in [0.1, 0.15) is 11.1 Å². The molecule has 0 atom stereocenters. The molecule has 0 fully saturated rings. The molecule has 266 valence electrons. The van der Waals surface area contributed by atoms with Crippen molar-refractivity contribution < 1.29 is 4.42 Å². The standard InChI is InChI=1S/C53H38N2O/c1-53(2)47-33-38(37-25-31-49-46(32-37)52-51(45-20-12-13-21-50(45)56-52)55(49)40-18-10-5-11-19-40)24-29-43(47)44-30-28-42(34-48(44)53)54(39-16-8-4-9-17-39)41-26-22-36(23-27-41)35-14-6-3-7-15-35/h3-34H,1-2H3. The molecule has 2 heterocycles. The number of anilines is 3. The molecule has 0 aliphatic heterocycles. The minimum absolute atomic E-state index is 0.205. The number of nitrogens with zero attached hydrogens (tertiary/aromatic N) is 2. The Kier molecular flexibility index (Phi) is 7.20. The van der Waals surface area contributed by atoms with E-state index in [9.17, 15) is 0 Å². The Morgan fingerprint density at radius 3 is 1.77 bits per heavy atom. The fraction of sp³-hybridized carbons (Fsp3) is 0.0566. The predicted molar refractivity (Wildman–Crippen MR) is 234 cm³/mol. The second-order valence-corrected chi connectivity index (χ2v) is 15.4. The van der Waals surface area contributed by atoms with E-state index in [4.69, 9.17) is 4.42 Å². The zero-order valence-corrected chi connectivity index (χ0v) is 31.3. The largest absolute Gasteiger partial charge is 0.454 e. The fourth-order valence-corrected chi connectivity index (χ4v) is 9.00. The lowest BCUT2D eigenvalue weighted by Crippen LogP contribution is -2.16. The van der Waals surface area contributed by atoms with Gasteiger partial charge in [-0.05, 0) is 123 Å². The van der Waals surface area contributed by atoms with Gasteiger partial charge in [0.15, 0.2) is 5.58 Å². The number of aromatic nitrogens is 1. The van der Waals surface area contributed by atoms with E-state index in [0.29, 0.717) is 0 Å². The molecule has 0 radical (unpaired) electrons. The van der Waals surface area contributed by atoms with Crippen LogP contribution in [0, 0.1) is 0 Å². The van der Waals surface area contributed by atoms with Crippen molar-refractivity contribution in [2.24, 2.45) is 0 Å². The van der Waals surface area contributed by atoms with Crippen LogP contribution in [-0.2, 0) is 5.41 Å². The Morgan fingerprint density at radius 1 is 0.446 bits per heavy atom. The van der Waals surface area contributed by atoms with Crippen molar-refractivity contribution in [2.75, 3.05) is 4.90 Å². The van der Waals surface area contributed by atoms with E-state index in [1.54, 1.807) is 0 Å². The summed E-state index contributed by atoms with van der Waals surface area (Å²) in [4.78, 5) is 2.37. The molecule has 2 aromatic heterocycles. The molecule has 56 heavy (non-hydrogen) atoms. The average molecular weight is 719 g/mol. The minimum atomic E-state index is -0.205. The summed E-state index contributed by atoms with van der Waals surface area (Å²) in [7, 11) is 0. The number of hydrogen-bond acceptors (Lipinski definition) is 2. The molecule has 10 aromatic rings. The topological polar surface area (TPSA) is 21.3 Å². The zero-order valence-electron chi connectivity index (χ0n) is 31.3. The molecule has 11 rings (SSSR count). The van der Waals surface area contributed by atoms with Crippen molar-refractivity contribution in [2.45, 2.75) is 19.3 Å². The molecule has 0 N–H and O–H groups in total. The van der Waals surface area contributed by atoms with Gasteiger partial charge in [-0.15, -0.1) is 0 Å². The van der Waals surface area contributed by atoms with Crippen molar-refractivity contribution in [1.29, 1.82) is 0 Å². The molecule has 8 aromatic carbocycles. The van der Waals surface area contributed by atoms with Crippen molar-refractivity contribution >= 4 is 50.0 Å². The third-order valence-electron chi connectivity index (χ3n) is 11.8. The van der Waals surface area contributed by atoms with Gasteiger partial charge in [0.2, 0.25) is 0 Å². The number of rotatable bonds is 6. The smallest absolute Gasteiger partial charge is 0.161 e. The molecule has 0 saturated heterocycles.